The molecule has 0 radical (unpaired) electrons. The van der Waals surface area contributed by atoms with Crippen LogP contribution in [0.2, 0.25) is 0 Å². The Morgan fingerprint density at radius 1 is 1.17 bits per heavy atom. The second-order valence-corrected chi connectivity index (χ2v) is 5.56. The van der Waals surface area contributed by atoms with E-state index in [4.69, 9.17) is 0 Å². The number of rotatable bonds is 2. The van der Waals surface area contributed by atoms with Crippen LogP contribution < -0.4 is 4.74 Å². The highest BCUT2D eigenvalue weighted by atomic mass is 19.4. The molecule has 0 amide bonds. The van der Waals surface area contributed by atoms with E-state index in [9.17, 15) is 13.2 Å². The first kappa shape index (κ1) is 14.8. The maximum atomic E-state index is 12.4. The molecule has 5 heteroatoms. The largest absolute Gasteiger partial charge is 0.573 e. The van der Waals surface area contributed by atoms with Crippen molar-refractivity contribution in [3.8, 4) is 5.75 Å². The SMILES string of the molecule is CC(C)c1ncc(C(C)(C)C)cc1OC(F)(F)F. The Kier molecular flexibility index (Phi) is 3.93. The Balaban J connectivity index is 3.25. The Hall–Kier alpha value is -1.26. The van der Waals surface area contributed by atoms with Crippen molar-refractivity contribution >= 4 is 0 Å². The quantitative estimate of drug-likeness (QED) is 0.787. The molecule has 0 spiro atoms. The zero-order valence-corrected chi connectivity index (χ0v) is 11.2. The minimum absolute atomic E-state index is 0.128. The Morgan fingerprint density at radius 2 is 1.72 bits per heavy atom. The van der Waals surface area contributed by atoms with Gasteiger partial charge < -0.3 is 4.74 Å². The predicted molar refractivity (Wildman–Crippen MR) is 63.7 cm³/mol. The minimum Gasteiger partial charge on any atom is -0.404 e. The molecule has 0 aliphatic heterocycles. The summed E-state index contributed by atoms with van der Waals surface area (Å²) in [6.07, 6.45) is -3.08. The lowest BCUT2D eigenvalue weighted by atomic mass is 9.87. The molecule has 0 bridgehead atoms. The average molecular weight is 261 g/mol. The molecule has 0 atom stereocenters. The van der Waals surface area contributed by atoms with E-state index in [0.29, 0.717) is 11.3 Å². The maximum Gasteiger partial charge on any atom is 0.573 e. The molecular weight excluding hydrogens is 243 g/mol. The molecule has 102 valence electrons. The van der Waals surface area contributed by atoms with Gasteiger partial charge in [0.15, 0.2) is 5.75 Å². The van der Waals surface area contributed by atoms with E-state index in [1.807, 2.05) is 20.8 Å². The van der Waals surface area contributed by atoms with Gasteiger partial charge in [-0.05, 0) is 23.0 Å². The first-order valence-electron chi connectivity index (χ1n) is 5.77. The second kappa shape index (κ2) is 4.78. The van der Waals surface area contributed by atoms with Gasteiger partial charge in [0.1, 0.15) is 0 Å². The number of hydrogen-bond donors (Lipinski definition) is 0. The molecule has 0 fully saturated rings. The van der Waals surface area contributed by atoms with Crippen molar-refractivity contribution in [3.63, 3.8) is 0 Å². The molecule has 0 unspecified atom stereocenters. The molecule has 18 heavy (non-hydrogen) atoms. The van der Waals surface area contributed by atoms with Crippen LogP contribution in [0.25, 0.3) is 0 Å². The third kappa shape index (κ3) is 3.89. The number of ether oxygens (including phenoxy) is 1. The van der Waals surface area contributed by atoms with E-state index in [2.05, 4.69) is 9.72 Å². The lowest BCUT2D eigenvalue weighted by molar-refractivity contribution is -0.275. The lowest BCUT2D eigenvalue weighted by Crippen LogP contribution is -2.20. The fourth-order valence-electron chi connectivity index (χ4n) is 1.51. The number of alkyl halides is 3. The van der Waals surface area contributed by atoms with E-state index >= 15 is 0 Å². The van der Waals surface area contributed by atoms with Crippen molar-refractivity contribution in [1.29, 1.82) is 0 Å². The Bertz CT molecular complexity index is 419. The molecular formula is C13H18F3NO. The summed E-state index contributed by atoms with van der Waals surface area (Å²) in [6.45, 7) is 9.30. The third-order valence-corrected chi connectivity index (χ3v) is 2.52. The standard InChI is InChI=1S/C13H18F3NO/c1-8(2)11-10(18-13(14,15)16)6-9(7-17-11)12(3,4)5/h6-8H,1-5H3. The van der Waals surface area contributed by atoms with Crippen molar-refractivity contribution in [2.45, 2.75) is 52.3 Å². The molecule has 1 aromatic heterocycles. The lowest BCUT2D eigenvalue weighted by Gasteiger charge is -2.22. The van der Waals surface area contributed by atoms with Crippen molar-refractivity contribution < 1.29 is 17.9 Å². The minimum atomic E-state index is -4.69. The summed E-state index contributed by atoms with van der Waals surface area (Å²) in [6, 6.07) is 1.43. The number of hydrogen-bond acceptors (Lipinski definition) is 2. The van der Waals surface area contributed by atoms with Crippen LogP contribution in [0.5, 0.6) is 5.75 Å². The fraction of sp³-hybridized carbons (Fsp3) is 0.615. The van der Waals surface area contributed by atoms with Crippen LogP contribution in [0, 0.1) is 0 Å². The maximum absolute atomic E-state index is 12.4. The monoisotopic (exact) mass is 261 g/mol. The van der Waals surface area contributed by atoms with Gasteiger partial charge in [0, 0.05) is 6.20 Å². The molecule has 0 aliphatic rings. The van der Waals surface area contributed by atoms with E-state index in [1.165, 1.54) is 6.07 Å². The van der Waals surface area contributed by atoms with Crippen LogP contribution in [0.1, 0.15) is 51.8 Å². The number of halogens is 3. The Morgan fingerprint density at radius 3 is 2.11 bits per heavy atom. The van der Waals surface area contributed by atoms with Crippen LogP contribution in [0.4, 0.5) is 13.2 Å². The van der Waals surface area contributed by atoms with Crippen molar-refractivity contribution in [1.82, 2.24) is 4.98 Å². The highest BCUT2D eigenvalue weighted by molar-refractivity contribution is 5.36. The molecule has 0 N–H and O–H groups in total. The number of aromatic nitrogens is 1. The summed E-state index contributed by atoms with van der Waals surface area (Å²) in [5.74, 6) is -0.332. The molecule has 1 aromatic rings. The first-order chi connectivity index (χ1) is 8.00. The van der Waals surface area contributed by atoms with Crippen LogP contribution in [-0.4, -0.2) is 11.3 Å². The van der Waals surface area contributed by atoms with Crippen LogP contribution in [0.3, 0.4) is 0 Å². The molecule has 0 saturated carbocycles. The summed E-state index contributed by atoms with van der Waals surface area (Å²) in [5.41, 5.74) is 0.762. The average Bonchev–Trinajstić information content (AvgIpc) is 2.12. The van der Waals surface area contributed by atoms with Gasteiger partial charge in [0.25, 0.3) is 0 Å². The molecule has 1 rings (SSSR count). The summed E-state index contributed by atoms with van der Waals surface area (Å²) >= 11 is 0. The van der Waals surface area contributed by atoms with Gasteiger partial charge in [-0.25, -0.2) is 0 Å². The van der Waals surface area contributed by atoms with E-state index in [0.717, 1.165) is 0 Å². The van der Waals surface area contributed by atoms with E-state index < -0.39 is 6.36 Å². The first-order valence-corrected chi connectivity index (χ1v) is 5.77. The smallest absolute Gasteiger partial charge is 0.404 e. The normalized spacial score (nSPS) is 12.9. The van der Waals surface area contributed by atoms with Crippen molar-refractivity contribution in [2.75, 3.05) is 0 Å². The zero-order chi connectivity index (χ0) is 14.1. The molecule has 0 aliphatic carbocycles. The fourth-order valence-corrected chi connectivity index (χ4v) is 1.51. The van der Waals surface area contributed by atoms with Gasteiger partial charge in [0.05, 0.1) is 5.69 Å². The van der Waals surface area contributed by atoms with Crippen LogP contribution in [0.15, 0.2) is 12.3 Å². The topological polar surface area (TPSA) is 22.1 Å². The molecule has 1 heterocycles. The van der Waals surface area contributed by atoms with Gasteiger partial charge in [-0.3, -0.25) is 4.98 Å². The third-order valence-electron chi connectivity index (χ3n) is 2.52. The van der Waals surface area contributed by atoms with Gasteiger partial charge in [-0.15, -0.1) is 13.2 Å². The highest BCUT2D eigenvalue weighted by Crippen LogP contribution is 2.33. The Labute approximate surface area is 105 Å². The van der Waals surface area contributed by atoms with Crippen molar-refractivity contribution in [3.05, 3.63) is 23.5 Å². The van der Waals surface area contributed by atoms with E-state index in [-0.39, 0.29) is 17.1 Å². The predicted octanol–water partition coefficient (Wildman–Crippen LogP) is 4.40. The van der Waals surface area contributed by atoms with Crippen LogP contribution >= 0.6 is 0 Å². The molecule has 2 nitrogen and oxygen atoms in total. The van der Waals surface area contributed by atoms with Gasteiger partial charge in [-0.2, -0.15) is 0 Å². The summed E-state index contributed by atoms with van der Waals surface area (Å²) < 4.78 is 41.2. The van der Waals surface area contributed by atoms with Gasteiger partial charge >= 0.3 is 6.36 Å². The van der Waals surface area contributed by atoms with Gasteiger partial charge in [-0.1, -0.05) is 34.6 Å². The highest BCUT2D eigenvalue weighted by Gasteiger charge is 2.33. The summed E-state index contributed by atoms with van der Waals surface area (Å²) in [7, 11) is 0. The number of nitrogens with zero attached hydrogens (tertiary/aromatic N) is 1. The van der Waals surface area contributed by atoms with E-state index in [1.54, 1.807) is 20.0 Å². The van der Waals surface area contributed by atoms with Crippen molar-refractivity contribution in [2.24, 2.45) is 0 Å². The molecule has 0 saturated heterocycles. The summed E-state index contributed by atoms with van der Waals surface area (Å²) in [4.78, 5) is 4.10. The number of pyridine rings is 1. The van der Waals surface area contributed by atoms with Crippen LogP contribution in [-0.2, 0) is 5.41 Å². The van der Waals surface area contributed by atoms with Gasteiger partial charge in [0.2, 0.25) is 0 Å². The summed E-state index contributed by atoms with van der Waals surface area (Å²) in [5, 5.41) is 0. The second-order valence-electron chi connectivity index (χ2n) is 5.56. The zero-order valence-electron chi connectivity index (χ0n) is 11.2. The molecule has 0 aromatic carbocycles.